The molecule has 0 atom stereocenters. The smallest absolute Gasteiger partial charge is 0.261 e. The fourth-order valence-electron chi connectivity index (χ4n) is 2.96. The number of anilines is 1. The number of sulfonamides is 1. The average molecular weight is 398 g/mol. The minimum absolute atomic E-state index is 0.177. The highest BCUT2D eigenvalue weighted by Gasteiger charge is 2.25. The summed E-state index contributed by atoms with van der Waals surface area (Å²) in [5, 5.41) is 0. The fraction of sp³-hybridized carbons (Fsp3) is 0.105. The zero-order valence-electron chi connectivity index (χ0n) is 14.5. The molecule has 1 aromatic heterocycles. The Labute approximate surface area is 160 Å². The molecule has 3 aromatic rings. The predicted molar refractivity (Wildman–Crippen MR) is 99.3 cm³/mol. The molecule has 0 saturated carbocycles. The molecule has 7 nitrogen and oxygen atoms in total. The number of nitrogens with one attached hydrogen (secondary N) is 1. The highest BCUT2D eigenvalue weighted by Crippen LogP contribution is 2.23. The zero-order chi connectivity index (χ0) is 19.7. The minimum atomic E-state index is -3.92. The van der Waals surface area contributed by atoms with Crippen molar-refractivity contribution in [1.29, 1.82) is 0 Å². The van der Waals surface area contributed by atoms with Gasteiger partial charge >= 0.3 is 0 Å². The molecule has 28 heavy (non-hydrogen) atoms. The molecule has 0 aliphatic carbocycles. The molecule has 142 valence electrons. The third-order valence-corrected chi connectivity index (χ3v) is 5.74. The normalized spacial score (nSPS) is 13.2. The summed E-state index contributed by atoms with van der Waals surface area (Å²) in [6, 6.07) is 10.8. The van der Waals surface area contributed by atoms with Crippen molar-refractivity contribution in [3.05, 3.63) is 83.7 Å². The molecule has 0 saturated heterocycles. The van der Waals surface area contributed by atoms with E-state index in [4.69, 9.17) is 0 Å². The molecule has 1 aliphatic rings. The van der Waals surface area contributed by atoms with Gasteiger partial charge in [0.2, 0.25) is 0 Å². The molecule has 9 heteroatoms. The highest BCUT2D eigenvalue weighted by atomic mass is 32.2. The Morgan fingerprint density at radius 1 is 1.11 bits per heavy atom. The van der Waals surface area contributed by atoms with Crippen LogP contribution in [0.2, 0.25) is 0 Å². The van der Waals surface area contributed by atoms with Gasteiger partial charge in [-0.2, -0.15) is 0 Å². The van der Waals surface area contributed by atoms with Gasteiger partial charge < -0.3 is 4.90 Å². The molecule has 2 aromatic carbocycles. The Balaban J connectivity index is 1.48. The topological polar surface area (TPSA) is 92.3 Å². The number of nitrogens with zero attached hydrogens (tertiary/aromatic N) is 3. The lowest BCUT2D eigenvalue weighted by Crippen LogP contribution is -2.25. The monoisotopic (exact) mass is 398 g/mol. The largest absolute Gasteiger partial charge is 0.328 e. The van der Waals surface area contributed by atoms with Crippen molar-refractivity contribution < 1.29 is 17.6 Å². The van der Waals surface area contributed by atoms with Gasteiger partial charge in [-0.25, -0.2) is 22.8 Å². The molecule has 1 amide bonds. The first-order valence-electron chi connectivity index (χ1n) is 8.38. The summed E-state index contributed by atoms with van der Waals surface area (Å²) in [6.07, 6.45) is 3.15. The molecule has 4 rings (SSSR count). The summed E-state index contributed by atoms with van der Waals surface area (Å²) in [7, 11) is -3.92. The number of hydrogen-bond donors (Lipinski definition) is 1. The van der Waals surface area contributed by atoms with Crippen molar-refractivity contribution >= 4 is 21.6 Å². The maximum atomic E-state index is 13.3. The van der Waals surface area contributed by atoms with E-state index in [-0.39, 0.29) is 16.5 Å². The van der Waals surface area contributed by atoms with Gasteiger partial charge in [0, 0.05) is 29.6 Å². The number of aromatic nitrogens is 2. The van der Waals surface area contributed by atoms with E-state index in [0.29, 0.717) is 18.7 Å². The van der Waals surface area contributed by atoms with E-state index in [1.54, 1.807) is 23.2 Å². The quantitative estimate of drug-likeness (QED) is 0.729. The minimum Gasteiger partial charge on any atom is -0.328 e. The van der Waals surface area contributed by atoms with Crippen molar-refractivity contribution in [2.45, 2.75) is 18.0 Å². The molecule has 0 radical (unpaired) electrons. The predicted octanol–water partition coefficient (Wildman–Crippen LogP) is 2.57. The van der Waals surface area contributed by atoms with E-state index >= 15 is 0 Å². The van der Waals surface area contributed by atoms with Gasteiger partial charge in [0.15, 0.2) is 0 Å². The molecule has 1 N–H and O–H groups in total. The number of amides is 1. The molecule has 0 bridgehead atoms. The second-order valence-corrected chi connectivity index (χ2v) is 7.98. The van der Waals surface area contributed by atoms with Gasteiger partial charge in [-0.15, -0.1) is 0 Å². The first-order chi connectivity index (χ1) is 13.4. The average Bonchev–Trinajstić information content (AvgIpc) is 3.12. The van der Waals surface area contributed by atoms with Gasteiger partial charge in [0.05, 0.1) is 17.1 Å². The Kier molecular flexibility index (Phi) is 4.52. The fourth-order valence-corrected chi connectivity index (χ4v) is 4.05. The second-order valence-electron chi connectivity index (χ2n) is 6.30. The first-order valence-corrected chi connectivity index (χ1v) is 9.86. The third-order valence-electron chi connectivity index (χ3n) is 4.36. The molecule has 0 unspecified atom stereocenters. The standard InChI is InChI=1S/C19H15FN4O3S/c20-15-2-1-3-17(8-15)28(26,27)23-16-6-4-13(5-7-16)19(25)24-10-14-9-21-12-22-18(14)11-24/h1-9,12,23H,10-11H2. The second kappa shape index (κ2) is 7.01. The van der Waals surface area contributed by atoms with Crippen LogP contribution in [0.4, 0.5) is 10.1 Å². The van der Waals surface area contributed by atoms with E-state index < -0.39 is 15.8 Å². The molecule has 1 aliphatic heterocycles. The lowest BCUT2D eigenvalue weighted by atomic mass is 10.2. The summed E-state index contributed by atoms with van der Waals surface area (Å²) < 4.78 is 40.3. The summed E-state index contributed by atoms with van der Waals surface area (Å²) in [6.45, 7) is 0.841. The van der Waals surface area contributed by atoms with E-state index in [1.165, 1.54) is 36.7 Å². The van der Waals surface area contributed by atoms with Crippen molar-refractivity contribution in [3.8, 4) is 0 Å². The number of halogens is 1. The molecule has 2 heterocycles. The van der Waals surface area contributed by atoms with Gasteiger partial charge in [0.25, 0.3) is 15.9 Å². The van der Waals surface area contributed by atoms with Crippen molar-refractivity contribution in [2.24, 2.45) is 0 Å². The van der Waals surface area contributed by atoms with Gasteiger partial charge in [-0.05, 0) is 42.5 Å². The number of fused-ring (bicyclic) bond motifs is 1. The van der Waals surface area contributed by atoms with Crippen LogP contribution in [0, 0.1) is 5.82 Å². The number of carbonyl (C=O) groups is 1. The maximum absolute atomic E-state index is 13.3. The summed E-state index contributed by atoms with van der Waals surface area (Å²) in [5.74, 6) is -0.822. The summed E-state index contributed by atoms with van der Waals surface area (Å²) in [5.41, 5.74) is 2.43. The Hall–Kier alpha value is -3.33. The van der Waals surface area contributed by atoms with Gasteiger partial charge in [0.1, 0.15) is 12.1 Å². The lowest BCUT2D eigenvalue weighted by Gasteiger charge is -2.15. The van der Waals surface area contributed by atoms with Crippen LogP contribution in [0.25, 0.3) is 0 Å². The molecular formula is C19H15FN4O3S. The summed E-state index contributed by atoms with van der Waals surface area (Å²) in [4.78, 5) is 22.3. The first kappa shape index (κ1) is 18.1. The Bertz CT molecular complexity index is 1120. The van der Waals surface area contributed by atoms with E-state index in [9.17, 15) is 17.6 Å². The van der Waals surface area contributed by atoms with Crippen LogP contribution >= 0.6 is 0 Å². The van der Waals surface area contributed by atoms with Crippen LogP contribution in [-0.4, -0.2) is 29.2 Å². The van der Waals surface area contributed by atoms with Crippen molar-refractivity contribution in [2.75, 3.05) is 4.72 Å². The molecule has 0 fully saturated rings. The Morgan fingerprint density at radius 2 is 1.89 bits per heavy atom. The number of rotatable bonds is 4. The van der Waals surface area contributed by atoms with Crippen LogP contribution in [0.15, 0.2) is 66.0 Å². The Morgan fingerprint density at radius 3 is 2.61 bits per heavy atom. The zero-order valence-corrected chi connectivity index (χ0v) is 15.4. The number of carbonyl (C=O) groups excluding carboxylic acids is 1. The van der Waals surface area contributed by atoms with Crippen LogP contribution in [0.3, 0.4) is 0 Å². The number of hydrogen-bond acceptors (Lipinski definition) is 5. The van der Waals surface area contributed by atoms with Crippen LogP contribution in [0.5, 0.6) is 0 Å². The van der Waals surface area contributed by atoms with Crippen molar-refractivity contribution in [3.63, 3.8) is 0 Å². The van der Waals surface area contributed by atoms with E-state index in [0.717, 1.165) is 17.3 Å². The maximum Gasteiger partial charge on any atom is 0.261 e. The van der Waals surface area contributed by atoms with Crippen molar-refractivity contribution in [1.82, 2.24) is 14.9 Å². The number of benzene rings is 2. The van der Waals surface area contributed by atoms with Crippen LogP contribution in [0.1, 0.15) is 21.6 Å². The van der Waals surface area contributed by atoms with E-state index in [2.05, 4.69) is 14.7 Å². The third kappa shape index (κ3) is 3.56. The highest BCUT2D eigenvalue weighted by molar-refractivity contribution is 7.92. The van der Waals surface area contributed by atoms with Crippen LogP contribution in [-0.2, 0) is 23.1 Å². The van der Waals surface area contributed by atoms with Crippen LogP contribution < -0.4 is 4.72 Å². The van der Waals surface area contributed by atoms with Gasteiger partial charge in [-0.1, -0.05) is 6.07 Å². The lowest BCUT2D eigenvalue weighted by molar-refractivity contribution is 0.0750. The van der Waals surface area contributed by atoms with Gasteiger partial charge in [-0.3, -0.25) is 9.52 Å². The van der Waals surface area contributed by atoms with E-state index in [1.807, 2.05) is 0 Å². The molecular weight excluding hydrogens is 383 g/mol. The SMILES string of the molecule is O=C(c1ccc(NS(=O)(=O)c2cccc(F)c2)cc1)N1Cc2cncnc2C1. The summed E-state index contributed by atoms with van der Waals surface area (Å²) >= 11 is 0. The molecule has 0 spiro atoms.